The third-order valence-corrected chi connectivity index (χ3v) is 6.16. The highest BCUT2D eigenvalue weighted by molar-refractivity contribution is 5.94. The maximum atomic E-state index is 13.1. The van der Waals surface area contributed by atoms with Crippen LogP contribution in [0, 0.1) is 0 Å². The SMILES string of the molecule is O=C(c1cnc2ccccc2n1)N1CCOC(CN2CCCN(C(=O)c3ccco3)CC2)C1. The number of amides is 2. The van der Waals surface area contributed by atoms with Crippen LogP contribution in [0.1, 0.15) is 27.5 Å². The zero-order valence-electron chi connectivity index (χ0n) is 18.4. The molecule has 2 aliphatic rings. The average Bonchev–Trinajstić information content (AvgIpc) is 3.30. The first-order valence-electron chi connectivity index (χ1n) is 11.4. The summed E-state index contributed by atoms with van der Waals surface area (Å²) >= 11 is 0. The van der Waals surface area contributed by atoms with Crippen molar-refractivity contribution in [2.24, 2.45) is 0 Å². The van der Waals surface area contributed by atoms with E-state index in [1.165, 1.54) is 6.26 Å². The van der Waals surface area contributed by atoms with Gasteiger partial charge in [0, 0.05) is 39.3 Å². The summed E-state index contributed by atoms with van der Waals surface area (Å²) < 4.78 is 11.2. The number of fused-ring (bicyclic) bond motifs is 1. The Balaban J connectivity index is 1.17. The zero-order chi connectivity index (χ0) is 22.6. The van der Waals surface area contributed by atoms with Crippen molar-refractivity contribution in [3.8, 4) is 0 Å². The maximum absolute atomic E-state index is 13.1. The minimum atomic E-state index is -0.118. The Morgan fingerprint density at radius 3 is 2.67 bits per heavy atom. The molecule has 0 N–H and O–H groups in total. The number of ether oxygens (including phenoxy) is 1. The van der Waals surface area contributed by atoms with Gasteiger partial charge in [0.25, 0.3) is 11.8 Å². The van der Waals surface area contributed by atoms with Gasteiger partial charge in [0.05, 0.1) is 36.2 Å². The van der Waals surface area contributed by atoms with Gasteiger partial charge in [-0.1, -0.05) is 12.1 Å². The molecule has 0 radical (unpaired) electrons. The fourth-order valence-corrected chi connectivity index (χ4v) is 4.44. The van der Waals surface area contributed by atoms with Gasteiger partial charge >= 0.3 is 0 Å². The molecule has 2 saturated heterocycles. The van der Waals surface area contributed by atoms with Crippen LogP contribution >= 0.6 is 0 Å². The molecule has 2 aromatic heterocycles. The third kappa shape index (κ3) is 4.89. The number of furan rings is 1. The van der Waals surface area contributed by atoms with Gasteiger partial charge in [-0.2, -0.15) is 0 Å². The van der Waals surface area contributed by atoms with Crippen LogP contribution in [0.3, 0.4) is 0 Å². The second-order valence-corrected chi connectivity index (χ2v) is 8.41. The van der Waals surface area contributed by atoms with Crippen molar-refractivity contribution in [2.45, 2.75) is 12.5 Å². The lowest BCUT2D eigenvalue weighted by Gasteiger charge is -2.35. The first kappa shape index (κ1) is 21.5. The van der Waals surface area contributed by atoms with E-state index in [4.69, 9.17) is 9.15 Å². The van der Waals surface area contributed by atoms with E-state index in [2.05, 4.69) is 14.9 Å². The molecule has 0 aliphatic carbocycles. The van der Waals surface area contributed by atoms with Gasteiger partial charge in [-0.05, 0) is 37.2 Å². The van der Waals surface area contributed by atoms with Crippen molar-refractivity contribution in [1.29, 1.82) is 0 Å². The number of rotatable bonds is 4. The lowest BCUT2D eigenvalue weighted by Crippen LogP contribution is -2.50. The fraction of sp³-hybridized carbons (Fsp3) is 0.417. The van der Waals surface area contributed by atoms with E-state index in [1.54, 1.807) is 23.2 Å². The Bertz CT molecular complexity index is 1120. The van der Waals surface area contributed by atoms with Gasteiger partial charge in [-0.15, -0.1) is 0 Å². The van der Waals surface area contributed by atoms with Crippen LogP contribution in [0.25, 0.3) is 11.0 Å². The van der Waals surface area contributed by atoms with E-state index in [-0.39, 0.29) is 17.9 Å². The van der Waals surface area contributed by atoms with E-state index in [0.717, 1.165) is 31.6 Å². The summed E-state index contributed by atoms with van der Waals surface area (Å²) in [5.74, 6) is 0.196. The lowest BCUT2D eigenvalue weighted by atomic mass is 10.2. The van der Waals surface area contributed by atoms with Gasteiger partial charge in [0.2, 0.25) is 0 Å². The molecule has 0 bridgehead atoms. The molecule has 2 fully saturated rings. The molecule has 0 saturated carbocycles. The topological polar surface area (TPSA) is 92.0 Å². The summed E-state index contributed by atoms with van der Waals surface area (Å²) in [4.78, 5) is 40.5. The highest BCUT2D eigenvalue weighted by atomic mass is 16.5. The molecule has 5 rings (SSSR count). The molecule has 4 heterocycles. The largest absolute Gasteiger partial charge is 0.459 e. The highest BCUT2D eigenvalue weighted by Gasteiger charge is 2.29. The summed E-state index contributed by atoms with van der Waals surface area (Å²) in [6.45, 7) is 5.25. The van der Waals surface area contributed by atoms with Crippen molar-refractivity contribution in [1.82, 2.24) is 24.7 Å². The van der Waals surface area contributed by atoms with Crippen LogP contribution in [-0.2, 0) is 4.74 Å². The minimum absolute atomic E-state index is 0.0657. The lowest BCUT2D eigenvalue weighted by molar-refractivity contribution is -0.0354. The molecule has 0 spiro atoms. The Kier molecular flexibility index (Phi) is 6.32. The molecule has 2 aliphatic heterocycles. The van der Waals surface area contributed by atoms with Crippen LogP contribution in [0.4, 0.5) is 0 Å². The molecule has 33 heavy (non-hydrogen) atoms. The maximum Gasteiger partial charge on any atom is 0.289 e. The number of aromatic nitrogens is 2. The number of hydrogen-bond donors (Lipinski definition) is 0. The van der Waals surface area contributed by atoms with Crippen molar-refractivity contribution in [3.05, 3.63) is 60.3 Å². The molecule has 9 nitrogen and oxygen atoms in total. The van der Waals surface area contributed by atoms with E-state index >= 15 is 0 Å². The quantitative estimate of drug-likeness (QED) is 0.601. The molecule has 1 atom stereocenters. The average molecular weight is 450 g/mol. The van der Waals surface area contributed by atoms with E-state index < -0.39 is 0 Å². The van der Waals surface area contributed by atoms with Gasteiger partial charge in [0.1, 0.15) is 5.69 Å². The predicted molar refractivity (Wildman–Crippen MR) is 121 cm³/mol. The summed E-state index contributed by atoms with van der Waals surface area (Å²) in [6, 6.07) is 11.0. The smallest absolute Gasteiger partial charge is 0.289 e. The molecule has 1 aromatic carbocycles. The molecular weight excluding hydrogens is 422 g/mol. The summed E-state index contributed by atoms with van der Waals surface area (Å²) in [7, 11) is 0. The van der Waals surface area contributed by atoms with Crippen molar-refractivity contribution >= 4 is 22.8 Å². The minimum Gasteiger partial charge on any atom is -0.459 e. The van der Waals surface area contributed by atoms with Crippen LogP contribution < -0.4 is 0 Å². The number of carbonyl (C=O) groups excluding carboxylic acids is 2. The molecule has 172 valence electrons. The van der Waals surface area contributed by atoms with Crippen molar-refractivity contribution in [3.63, 3.8) is 0 Å². The summed E-state index contributed by atoms with van der Waals surface area (Å²) in [6.07, 6.45) is 3.88. The van der Waals surface area contributed by atoms with E-state index in [0.29, 0.717) is 49.8 Å². The molecule has 9 heteroatoms. The molecule has 3 aromatic rings. The first-order valence-corrected chi connectivity index (χ1v) is 11.4. The highest BCUT2D eigenvalue weighted by Crippen LogP contribution is 2.15. The number of hydrogen-bond acceptors (Lipinski definition) is 7. The number of para-hydroxylation sites is 2. The fourth-order valence-electron chi connectivity index (χ4n) is 4.44. The third-order valence-electron chi connectivity index (χ3n) is 6.16. The second kappa shape index (κ2) is 9.68. The van der Waals surface area contributed by atoms with Gasteiger partial charge in [0.15, 0.2) is 5.76 Å². The predicted octanol–water partition coefficient (Wildman–Crippen LogP) is 1.91. The first-order chi connectivity index (χ1) is 16.2. The zero-order valence-corrected chi connectivity index (χ0v) is 18.4. The summed E-state index contributed by atoms with van der Waals surface area (Å²) in [5.41, 5.74) is 1.84. The van der Waals surface area contributed by atoms with Crippen LogP contribution in [0.5, 0.6) is 0 Å². The van der Waals surface area contributed by atoms with Crippen molar-refractivity contribution < 1.29 is 18.7 Å². The van der Waals surface area contributed by atoms with Crippen molar-refractivity contribution in [2.75, 3.05) is 52.4 Å². The van der Waals surface area contributed by atoms with Crippen LogP contribution in [-0.4, -0.2) is 95.0 Å². The molecule has 2 amide bonds. The van der Waals surface area contributed by atoms with Crippen LogP contribution in [0.2, 0.25) is 0 Å². The Labute approximate surface area is 191 Å². The van der Waals surface area contributed by atoms with E-state index in [9.17, 15) is 9.59 Å². The normalized spacial score (nSPS) is 20.1. The number of morpholine rings is 1. The monoisotopic (exact) mass is 449 g/mol. The Morgan fingerprint density at radius 1 is 0.939 bits per heavy atom. The number of benzene rings is 1. The standard InChI is InChI=1S/C24H27N5O4/c30-23(21-15-25-19-5-1-2-6-20(19)26-21)29-12-14-32-18(17-29)16-27-8-4-9-28(11-10-27)24(31)22-7-3-13-33-22/h1-3,5-7,13,15,18H,4,8-12,14,16-17H2. The Hall–Kier alpha value is -3.30. The molecular formula is C24H27N5O4. The van der Waals surface area contributed by atoms with Gasteiger partial charge in [-0.25, -0.2) is 4.98 Å². The van der Waals surface area contributed by atoms with Gasteiger partial charge < -0.3 is 19.0 Å². The van der Waals surface area contributed by atoms with Crippen LogP contribution in [0.15, 0.2) is 53.3 Å². The van der Waals surface area contributed by atoms with Gasteiger partial charge in [-0.3, -0.25) is 19.5 Å². The Morgan fingerprint density at radius 2 is 1.82 bits per heavy atom. The van der Waals surface area contributed by atoms with E-state index in [1.807, 2.05) is 29.2 Å². The molecule has 1 unspecified atom stereocenters. The number of carbonyl (C=O) groups is 2. The number of nitrogens with zero attached hydrogens (tertiary/aromatic N) is 5. The second-order valence-electron chi connectivity index (χ2n) is 8.41. The summed E-state index contributed by atoms with van der Waals surface area (Å²) in [5, 5.41) is 0.